The lowest BCUT2D eigenvalue weighted by Gasteiger charge is -2.32. The zero-order valence-corrected chi connectivity index (χ0v) is 16.8. The van der Waals surface area contributed by atoms with Crippen molar-refractivity contribution in [3.8, 4) is 0 Å². The third-order valence-electron chi connectivity index (χ3n) is 4.46. The van der Waals surface area contributed by atoms with Crippen molar-refractivity contribution in [3.05, 3.63) is 0 Å². The van der Waals surface area contributed by atoms with Crippen LogP contribution in [0, 0.1) is 0 Å². The average molecular weight is 368 g/mol. The minimum Gasteiger partial charge on any atom is -0.458 e. The summed E-state index contributed by atoms with van der Waals surface area (Å²) in [4.78, 5) is 39.3. The number of rotatable bonds is 2. The molecule has 0 aromatic rings. The summed E-state index contributed by atoms with van der Waals surface area (Å²) >= 11 is 0. The number of amides is 2. The SMILES string of the molecule is CC(C)(C)OC(=O)N[C@H]1CCC[C@@H]2CC[C@@H](C(=O)OC(C)(C)C)N2C1=O. The van der Waals surface area contributed by atoms with Gasteiger partial charge in [-0.3, -0.25) is 4.79 Å². The van der Waals surface area contributed by atoms with E-state index in [9.17, 15) is 14.4 Å². The van der Waals surface area contributed by atoms with Crippen LogP contribution >= 0.6 is 0 Å². The maximum Gasteiger partial charge on any atom is 0.408 e. The largest absolute Gasteiger partial charge is 0.458 e. The summed E-state index contributed by atoms with van der Waals surface area (Å²) in [5.74, 6) is -0.585. The van der Waals surface area contributed by atoms with Crippen LogP contribution in [0.25, 0.3) is 0 Å². The van der Waals surface area contributed by atoms with E-state index < -0.39 is 29.4 Å². The Morgan fingerprint density at radius 1 is 0.962 bits per heavy atom. The number of esters is 1. The second-order valence-electron chi connectivity index (χ2n) is 9.16. The van der Waals surface area contributed by atoms with Crippen LogP contribution in [0.4, 0.5) is 4.79 Å². The van der Waals surface area contributed by atoms with Gasteiger partial charge in [-0.05, 0) is 73.6 Å². The number of ether oxygens (including phenoxy) is 2. The highest BCUT2D eigenvalue weighted by Crippen LogP contribution is 2.33. The van der Waals surface area contributed by atoms with Crippen molar-refractivity contribution >= 4 is 18.0 Å². The van der Waals surface area contributed by atoms with Gasteiger partial charge in [0.15, 0.2) is 0 Å². The monoisotopic (exact) mass is 368 g/mol. The molecule has 0 aromatic carbocycles. The maximum absolute atomic E-state index is 13.1. The summed E-state index contributed by atoms with van der Waals surface area (Å²) in [5, 5.41) is 2.68. The van der Waals surface area contributed by atoms with E-state index >= 15 is 0 Å². The molecule has 0 saturated carbocycles. The zero-order chi connectivity index (χ0) is 19.7. The predicted octanol–water partition coefficient (Wildman–Crippen LogP) is 2.76. The highest BCUT2D eigenvalue weighted by molar-refractivity contribution is 5.90. The third kappa shape index (κ3) is 5.35. The molecule has 2 aliphatic heterocycles. The first kappa shape index (κ1) is 20.5. The molecule has 0 spiro atoms. The van der Waals surface area contributed by atoms with Gasteiger partial charge < -0.3 is 19.7 Å². The molecule has 2 amide bonds. The van der Waals surface area contributed by atoms with Crippen LogP contribution < -0.4 is 5.32 Å². The molecule has 148 valence electrons. The summed E-state index contributed by atoms with van der Waals surface area (Å²) in [6.07, 6.45) is 2.97. The molecule has 0 unspecified atom stereocenters. The standard InChI is InChI=1S/C19H32N2O5/c1-18(2,3)25-16(23)14-11-10-12-8-7-9-13(15(22)21(12)14)20-17(24)26-19(4,5)6/h12-14H,7-11H2,1-6H3,(H,20,24)/t12-,13+,14+/m1/s1. The summed E-state index contributed by atoms with van der Waals surface area (Å²) in [7, 11) is 0. The number of carbonyl (C=O) groups excluding carboxylic acids is 3. The predicted molar refractivity (Wildman–Crippen MR) is 96.5 cm³/mol. The lowest BCUT2D eigenvalue weighted by molar-refractivity contribution is -0.164. The van der Waals surface area contributed by atoms with Gasteiger partial charge in [0.05, 0.1) is 0 Å². The fourth-order valence-corrected chi connectivity index (χ4v) is 3.55. The summed E-state index contributed by atoms with van der Waals surface area (Å²) < 4.78 is 10.8. The maximum atomic E-state index is 13.1. The van der Waals surface area contributed by atoms with Gasteiger partial charge in [-0.15, -0.1) is 0 Å². The number of carbonyl (C=O) groups is 3. The Morgan fingerprint density at radius 2 is 1.58 bits per heavy atom. The van der Waals surface area contributed by atoms with E-state index in [1.807, 2.05) is 20.8 Å². The third-order valence-corrected chi connectivity index (χ3v) is 4.46. The normalized spacial score (nSPS) is 26.8. The van der Waals surface area contributed by atoms with Crippen molar-refractivity contribution in [3.63, 3.8) is 0 Å². The number of hydrogen-bond donors (Lipinski definition) is 1. The molecule has 1 N–H and O–H groups in total. The molecule has 2 aliphatic rings. The smallest absolute Gasteiger partial charge is 0.408 e. The van der Waals surface area contributed by atoms with E-state index in [4.69, 9.17) is 9.47 Å². The number of fused-ring (bicyclic) bond motifs is 1. The van der Waals surface area contributed by atoms with Crippen molar-refractivity contribution < 1.29 is 23.9 Å². The van der Waals surface area contributed by atoms with Gasteiger partial charge in [0, 0.05) is 6.04 Å². The second-order valence-corrected chi connectivity index (χ2v) is 9.16. The van der Waals surface area contributed by atoms with Crippen LogP contribution in [0.15, 0.2) is 0 Å². The topological polar surface area (TPSA) is 84.9 Å². The first-order chi connectivity index (χ1) is 11.9. The first-order valence-corrected chi connectivity index (χ1v) is 9.42. The van der Waals surface area contributed by atoms with Crippen LogP contribution in [0.1, 0.15) is 73.6 Å². The Kier molecular flexibility index (Phi) is 5.88. The van der Waals surface area contributed by atoms with E-state index in [0.717, 1.165) is 19.3 Å². The molecule has 7 heteroatoms. The second kappa shape index (κ2) is 7.45. The van der Waals surface area contributed by atoms with Crippen LogP contribution in [-0.4, -0.2) is 52.2 Å². The molecule has 2 saturated heterocycles. The highest BCUT2D eigenvalue weighted by atomic mass is 16.6. The minimum atomic E-state index is -0.669. The van der Waals surface area contributed by atoms with Gasteiger partial charge in [-0.25, -0.2) is 9.59 Å². The molecule has 3 atom stereocenters. The Labute approximate surface area is 155 Å². The Bertz CT molecular complexity index is 561. The highest BCUT2D eigenvalue weighted by Gasteiger charge is 2.46. The number of hydrogen-bond acceptors (Lipinski definition) is 5. The van der Waals surface area contributed by atoms with Crippen LogP contribution in [0.2, 0.25) is 0 Å². The molecular weight excluding hydrogens is 336 g/mol. The van der Waals surface area contributed by atoms with E-state index in [1.165, 1.54) is 0 Å². The van der Waals surface area contributed by atoms with Crippen molar-refractivity contribution in [1.82, 2.24) is 10.2 Å². The quantitative estimate of drug-likeness (QED) is 0.758. The summed E-state index contributed by atoms with van der Waals surface area (Å²) in [5.41, 5.74) is -1.23. The zero-order valence-electron chi connectivity index (χ0n) is 16.8. The molecule has 0 radical (unpaired) electrons. The number of alkyl carbamates (subject to hydrolysis) is 1. The molecule has 2 rings (SSSR count). The molecule has 0 aliphatic carbocycles. The van der Waals surface area contributed by atoms with E-state index in [2.05, 4.69) is 5.32 Å². The van der Waals surface area contributed by atoms with Crippen molar-refractivity contribution in [2.45, 2.75) is 103 Å². The fraction of sp³-hybridized carbons (Fsp3) is 0.842. The van der Waals surface area contributed by atoms with Crippen LogP contribution in [0.5, 0.6) is 0 Å². The summed E-state index contributed by atoms with van der Waals surface area (Å²) in [6, 6.07) is -1.21. The fourth-order valence-electron chi connectivity index (χ4n) is 3.55. The molecule has 0 bridgehead atoms. The van der Waals surface area contributed by atoms with Crippen molar-refractivity contribution in [2.75, 3.05) is 0 Å². The lowest BCUT2D eigenvalue weighted by Crippen LogP contribution is -2.54. The number of nitrogens with one attached hydrogen (secondary N) is 1. The molecular formula is C19H32N2O5. The van der Waals surface area contributed by atoms with Gasteiger partial charge in [-0.1, -0.05) is 0 Å². The van der Waals surface area contributed by atoms with Crippen LogP contribution in [-0.2, 0) is 19.1 Å². The molecule has 2 fully saturated rings. The van der Waals surface area contributed by atoms with Crippen molar-refractivity contribution in [2.24, 2.45) is 0 Å². The lowest BCUT2D eigenvalue weighted by atomic mass is 10.1. The summed E-state index contributed by atoms with van der Waals surface area (Å²) in [6.45, 7) is 10.8. The average Bonchev–Trinajstić information content (AvgIpc) is 2.79. The molecule has 7 nitrogen and oxygen atoms in total. The van der Waals surface area contributed by atoms with Gasteiger partial charge in [0.25, 0.3) is 0 Å². The van der Waals surface area contributed by atoms with E-state index in [1.54, 1.807) is 25.7 Å². The van der Waals surface area contributed by atoms with Gasteiger partial charge in [-0.2, -0.15) is 0 Å². The molecule has 26 heavy (non-hydrogen) atoms. The van der Waals surface area contributed by atoms with E-state index in [0.29, 0.717) is 12.8 Å². The van der Waals surface area contributed by atoms with Gasteiger partial charge in [0.1, 0.15) is 23.3 Å². The Hall–Kier alpha value is -1.79. The van der Waals surface area contributed by atoms with Gasteiger partial charge >= 0.3 is 12.1 Å². The molecule has 2 heterocycles. The van der Waals surface area contributed by atoms with Crippen LogP contribution in [0.3, 0.4) is 0 Å². The van der Waals surface area contributed by atoms with E-state index in [-0.39, 0.29) is 17.9 Å². The first-order valence-electron chi connectivity index (χ1n) is 9.42. The van der Waals surface area contributed by atoms with Gasteiger partial charge in [0.2, 0.25) is 5.91 Å². The number of nitrogens with zero attached hydrogens (tertiary/aromatic N) is 1. The van der Waals surface area contributed by atoms with Crippen molar-refractivity contribution in [1.29, 1.82) is 0 Å². The Balaban J connectivity index is 2.11. The molecule has 0 aromatic heterocycles. The minimum absolute atomic E-state index is 0.0328. The Morgan fingerprint density at radius 3 is 2.15 bits per heavy atom.